The Labute approximate surface area is 106 Å². The van der Waals surface area contributed by atoms with E-state index in [4.69, 9.17) is 5.73 Å². The van der Waals surface area contributed by atoms with Crippen LogP contribution in [0.25, 0.3) is 0 Å². The van der Waals surface area contributed by atoms with Crippen molar-refractivity contribution >= 4 is 5.69 Å². The van der Waals surface area contributed by atoms with Gasteiger partial charge in [0, 0.05) is 24.8 Å². The predicted molar refractivity (Wildman–Crippen MR) is 76.4 cm³/mol. The Bertz CT molecular complexity index is 363. The number of benzene rings is 1. The summed E-state index contributed by atoms with van der Waals surface area (Å²) < 4.78 is 0. The maximum atomic E-state index is 6.03. The molecule has 96 valence electrons. The number of hydrogen-bond donors (Lipinski definition) is 1. The molecule has 2 heteroatoms. The molecular weight excluding hydrogens is 208 g/mol. The number of nitrogens with two attached hydrogens (primary N) is 1. The van der Waals surface area contributed by atoms with E-state index in [1.54, 1.807) is 0 Å². The summed E-state index contributed by atoms with van der Waals surface area (Å²) >= 11 is 0. The summed E-state index contributed by atoms with van der Waals surface area (Å²) in [5.74, 6) is 0. The molecule has 17 heavy (non-hydrogen) atoms. The lowest BCUT2D eigenvalue weighted by Gasteiger charge is -2.38. The maximum absolute atomic E-state index is 6.03. The van der Waals surface area contributed by atoms with Crippen LogP contribution in [-0.2, 0) is 0 Å². The third-order valence-electron chi connectivity index (χ3n) is 3.64. The molecular formula is C15H26N2. The Morgan fingerprint density at radius 1 is 1.12 bits per heavy atom. The molecule has 0 saturated carbocycles. The van der Waals surface area contributed by atoms with Crippen LogP contribution in [0, 0.1) is 5.41 Å². The number of hydrogen-bond acceptors (Lipinski definition) is 2. The molecule has 1 rings (SSSR count). The summed E-state index contributed by atoms with van der Waals surface area (Å²) in [4.78, 5) is 2.33. The lowest BCUT2D eigenvalue weighted by molar-refractivity contribution is 0.329. The molecule has 2 N–H and O–H groups in total. The third-order valence-corrected chi connectivity index (χ3v) is 3.64. The number of anilines is 1. The van der Waals surface area contributed by atoms with Crippen molar-refractivity contribution in [2.45, 2.75) is 46.7 Å². The normalized spacial score (nSPS) is 15.5. The van der Waals surface area contributed by atoms with Crippen LogP contribution >= 0.6 is 0 Å². The van der Waals surface area contributed by atoms with Crippen molar-refractivity contribution < 1.29 is 0 Å². The molecule has 2 atom stereocenters. The minimum Gasteiger partial charge on any atom is -0.371 e. The Balaban J connectivity index is 3.08. The fourth-order valence-electron chi connectivity index (χ4n) is 1.98. The van der Waals surface area contributed by atoms with Crippen LogP contribution in [0.2, 0.25) is 0 Å². The van der Waals surface area contributed by atoms with Crippen LogP contribution in [0.5, 0.6) is 0 Å². The SMILES string of the molecule is CC(N(C)c1ccccc1[C@H](C)N)C(C)(C)C. The van der Waals surface area contributed by atoms with Crippen molar-refractivity contribution in [2.75, 3.05) is 11.9 Å². The van der Waals surface area contributed by atoms with Gasteiger partial charge in [0.25, 0.3) is 0 Å². The van der Waals surface area contributed by atoms with E-state index in [0.29, 0.717) is 6.04 Å². The second kappa shape index (κ2) is 5.09. The van der Waals surface area contributed by atoms with E-state index in [2.05, 4.69) is 63.9 Å². The first-order chi connectivity index (χ1) is 7.75. The van der Waals surface area contributed by atoms with Gasteiger partial charge in [-0.15, -0.1) is 0 Å². The maximum Gasteiger partial charge on any atom is 0.0414 e. The van der Waals surface area contributed by atoms with Crippen LogP contribution < -0.4 is 10.6 Å². The van der Waals surface area contributed by atoms with Crippen LogP contribution in [-0.4, -0.2) is 13.1 Å². The summed E-state index contributed by atoms with van der Waals surface area (Å²) in [6, 6.07) is 8.93. The number of nitrogens with zero attached hydrogens (tertiary/aromatic N) is 1. The van der Waals surface area contributed by atoms with Crippen molar-refractivity contribution in [3.8, 4) is 0 Å². The Morgan fingerprint density at radius 2 is 1.65 bits per heavy atom. The minimum absolute atomic E-state index is 0.0702. The Hall–Kier alpha value is -1.02. The zero-order valence-corrected chi connectivity index (χ0v) is 12.0. The molecule has 1 aromatic carbocycles. The van der Waals surface area contributed by atoms with Gasteiger partial charge in [-0.1, -0.05) is 39.0 Å². The fourth-order valence-corrected chi connectivity index (χ4v) is 1.98. The molecule has 0 amide bonds. The van der Waals surface area contributed by atoms with E-state index in [9.17, 15) is 0 Å². The molecule has 0 aliphatic carbocycles. The zero-order chi connectivity index (χ0) is 13.2. The summed E-state index contributed by atoms with van der Waals surface area (Å²) in [6.07, 6.45) is 0. The smallest absolute Gasteiger partial charge is 0.0414 e. The molecule has 0 radical (unpaired) electrons. The molecule has 0 bridgehead atoms. The molecule has 0 aromatic heterocycles. The molecule has 0 aliphatic heterocycles. The Kier molecular flexibility index (Phi) is 4.21. The summed E-state index contributed by atoms with van der Waals surface area (Å²) in [5.41, 5.74) is 8.74. The monoisotopic (exact) mass is 234 g/mol. The average molecular weight is 234 g/mol. The topological polar surface area (TPSA) is 29.3 Å². The first-order valence-corrected chi connectivity index (χ1v) is 6.32. The van der Waals surface area contributed by atoms with Crippen molar-refractivity contribution in [3.05, 3.63) is 29.8 Å². The molecule has 1 unspecified atom stereocenters. The van der Waals surface area contributed by atoms with Crippen LogP contribution in [0.4, 0.5) is 5.69 Å². The molecule has 0 aliphatic rings. The van der Waals surface area contributed by atoms with Gasteiger partial charge in [0.1, 0.15) is 0 Å². The highest BCUT2D eigenvalue weighted by Crippen LogP contribution is 2.31. The molecule has 0 heterocycles. The van der Waals surface area contributed by atoms with Crippen LogP contribution in [0.1, 0.15) is 46.2 Å². The van der Waals surface area contributed by atoms with Gasteiger partial charge in [-0.25, -0.2) is 0 Å². The zero-order valence-electron chi connectivity index (χ0n) is 12.0. The van der Waals surface area contributed by atoms with Gasteiger partial charge in [-0.3, -0.25) is 0 Å². The highest BCUT2D eigenvalue weighted by molar-refractivity contribution is 5.55. The van der Waals surface area contributed by atoms with E-state index in [1.807, 2.05) is 6.92 Å². The lowest BCUT2D eigenvalue weighted by atomic mass is 9.86. The lowest BCUT2D eigenvalue weighted by Crippen LogP contribution is -2.40. The molecule has 0 fully saturated rings. The van der Waals surface area contributed by atoms with Gasteiger partial charge in [0.15, 0.2) is 0 Å². The number of rotatable bonds is 3. The molecule has 0 spiro atoms. The van der Waals surface area contributed by atoms with E-state index < -0.39 is 0 Å². The van der Waals surface area contributed by atoms with E-state index in [-0.39, 0.29) is 11.5 Å². The van der Waals surface area contributed by atoms with E-state index in [0.717, 1.165) is 0 Å². The van der Waals surface area contributed by atoms with Gasteiger partial charge < -0.3 is 10.6 Å². The largest absolute Gasteiger partial charge is 0.371 e. The second-order valence-corrected chi connectivity index (χ2v) is 6.00. The van der Waals surface area contributed by atoms with Gasteiger partial charge in [-0.2, -0.15) is 0 Å². The minimum atomic E-state index is 0.0702. The highest BCUT2D eigenvalue weighted by atomic mass is 15.1. The van der Waals surface area contributed by atoms with Crippen molar-refractivity contribution in [2.24, 2.45) is 11.1 Å². The van der Waals surface area contributed by atoms with Crippen molar-refractivity contribution in [3.63, 3.8) is 0 Å². The molecule has 1 aromatic rings. The molecule has 0 saturated heterocycles. The van der Waals surface area contributed by atoms with Crippen LogP contribution in [0.3, 0.4) is 0 Å². The predicted octanol–water partition coefficient (Wildman–Crippen LogP) is 3.58. The fraction of sp³-hybridized carbons (Fsp3) is 0.600. The van der Waals surface area contributed by atoms with Crippen molar-refractivity contribution in [1.29, 1.82) is 0 Å². The first-order valence-electron chi connectivity index (χ1n) is 6.32. The average Bonchev–Trinajstić information content (AvgIpc) is 2.25. The van der Waals surface area contributed by atoms with E-state index >= 15 is 0 Å². The van der Waals surface area contributed by atoms with Gasteiger partial charge in [0.05, 0.1) is 0 Å². The second-order valence-electron chi connectivity index (χ2n) is 6.00. The summed E-state index contributed by atoms with van der Waals surface area (Å²) in [6.45, 7) is 11.1. The third kappa shape index (κ3) is 3.22. The standard InChI is InChI=1S/C15H26N2/c1-11(16)13-9-7-8-10-14(13)17(6)12(2)15(3,4)5/h7-12H,16H2,1-6H3/t11-,12?/m0/s1. The Morgan fingerprint density at radius 3 is 2.12 bits per heavy atom. The van der Waals surface area contributed by atoms with Crippen LogP contribution in [0.15, 0.2) is 24.3 Å². The first kappa shape index (κ1) is 14.0. The summed E-state index contributed by atoms with van der Waals surface area (Å²) in [5, 5.41) is 0. The van der Waals surface area contributed by atoms with Crippen molar-refractivity contribution in [1.82, 2.24) is 0 Å². The quantitative estimate of drug-likeness (QED) is 0.866. The van der Waals surface area contributed by atoms with Gasteiger partial charge in [-0.05, 0) is 30.9 Å². The number of para-hydroxylation sites is 1. The van der Waals surface area contributed by atoms with Gasteiger partial charge >= 0.3 is 0 Å². The molecule has 2 nitrogen and oxygen atoms in total. The summed E-state index contributed by atoms with van der Waals surface area (Å²) in [7, 11) is 2.15. The highest BCUT2D eigenvalue weighted by Gasteiger charge is 2.25. The van der Waals surface area contributed by atoms with E-state index in [1.165, 1.54) is 11.3 Å². The van der Waals surface area contributed by atoms with Gasteiger partial charge in [0.2, 0.25) is 0 Å².